The van der Waals surface area contributed by atoms with E-state index in [0.29, 0.717) is 0 Å². The van der Waals surface area contributed by atoms with Crippen LogP contribution < -0.4 is 0 Å². The van der Waals surface area contributed by atoms with Gasteiger partial charge >= 0.3 is 7.60 Å². The van der Waals surface area contributed by atoms with Gasteiger partial charge in [-0.1, -0.05) is 6.92 Å². The minimum Gasteiger partial charge on any atom is -0.340 e. The van der Waals surface area contributed by atoms with Crippen molar-refractivity contribution in [1.29, 1.82) is 0 Å². The van der Waals surface area contributed by atoms with Gasteiger partial charge in [0.05, 0.1) is 0 Å². The summed E-state index contributed by atoms with van der Waals surface area (Å²) in [5.41, 5.74) is -1.75. The normalized spacial score (nSPS) is 13.3. The fourth-order valence-corrected chi connectivity index (χ4v) is 2.08. The van der Waals surface area contributed by atoms with Gasteiger partial charge in [0.2, 0.25) is 0 Å². The molecule has 13 heavy (non-hydrogen) atoms. The molecule has 0 saturated carbocycles. The molecule has 0 aliphatic heterocycles. The number of hydrogen-bond acceptors (Lipinski definition) is 3. The summed E-state index contributed by atoms with van der Waals surface area (Å²) < 4.78 is 21.1. The maximum absolute atomic E-state index is 11.1. The van der Waals surface area contributed by atoms with Crippen LogP contribution in [0.4, 0.5) is 0 Å². The minimum absolute atomic E-state index is 0.124. The molecule has 0 spiro atoms. The highest BCUT2D eigenvalue weighted by molar-refractivity contribution is 7.53. The first-order chi connectivity index (χ1) is 5.93. The van der Waals surface area contributed by atoms with E-state index in [4.69, 9.17) is 19.3 Å². The maximum Gasteiger partial charge on any atom is 0.384 e. The Balaban J connectivity index is 4.75. The average Bonchev–Trinajstić information content (AvgIpc) is 2.02. The second-order valence-corrected chi connectivity index (χ2v) is 4.25. The molecule has 0 aromatic heterocycles. The van der Waals surface area contributed by atoms with Crippen LogP contribution in [-0.4, -0.2) is 28.5 Å². The van der Waals surface area contributed by atoms with Crippen LogP contribution in [0.5, 0.6) is 0 Å². The Bertz CT molecular complexity index is 181. The van der Waals surface area contributed by atoms with Crippen molar-refractivity contribution in [3.05, 3.63) is 0 Å². The monoisotopic (exact) mass is 212 g/mol. The third-order valence-corrected chi connectivity index (χ3v) is 3.09. The van der Waals surface area contributed by atoms with Crippen molar-refractivity contribution in [3.8, 4) is 0 Å². The SMILES string of the molecule is CCOC(CC)(OCC)P(=O)(O)O. The van der Waals surface area contributed by atoms with Crippen molar-refractivity contribution in [2.45, 2.75) is 32.7 Å². The van der Waals surface area contributed by atoms with E-state index in [0.717, 1.165) is 0 Å². The first-order valence-electron chi connectivity index (χ1n) is 4.27. The van der Waals surface area contributed by atoms with Gasteiger partial charge in [-0.15, -0.1) is 0 Å². The van der Waals surface area contributed by atoms with E-state index < -0.39 is 13.1 Å². The summed E-state index contributed by atoms with van der Waals surface area (Å²) in [7, 11) is -4.38. The smallest absolute Gasteiger partial charge is 0.340 e. The lowest BCUT2D eigenvalue weighted by atomic mass is 10.4. The molecule has 0 aliphatic rings. The molecule has 0 aromatic rings. The molecule has 0 fully saturated rings. The Morgan fingerprint density at radius 2 is 1.54 bits per heavy atom. The molecule has 0 radical (unpaired) electrons. The van der Waals surface area contributed by atoms with Crippen molar-refractivity contribution < 1.29 is 23.8 Å². The van der Waals surface area contributed by atoms with Crippen LogP contribution in [0, 0.1) is 0 Å². The lowest BCUT2D eigenvalue weighted by molar-refractivity contribution is -0.186. The van der Waals surface area contributed by atoms with E-state index in [9.17, 15) is 4.57 Å². The molecule has 0 unspecified atom stereocenters. The zero-order chi connectivity index (χ0) is 10.5. The topological polar surface area (TPSA) is 76.0 Å². The fourth-order valence-electron chi connectivity index (χ4n) is 1.07. The van der Waals surface area contributed by atoms with Crippen LogP contribution >= 0.6 is 7.60 Å². The summed E-state index contributed by atoms with van der Waals surface area (Å²) in [6.07, 6.45) is 0.124. The first kappa shape index (κ1) is 13.1. The Kier molecular flexibility index (Phi) is 5.10. The van der Waals surface area contributed by atoms with E-state index in [-0.39, 0.29) is 19.6 Å². The van der Waals surface area contributed by atoms with Gasteiger partial charge in [-0.2, -0.15) is 0 Å². The molecule has 5 nitrogen and oxygen atoms in total. The molecule has 0 bridgehead atoms. The van der Waals surface area contributed by atoms with Crippen LogP contribution in [0.25, 0.3) is 0 Å². The largest absolute Gasteiger partial charge is 0.384 e. The second kappa shape index (κ2) is 5.08. The molecule has 6 heteroatoms. The van der Waals surface area contributed by atoms with Gasteiger partial charge in [-0.05, 0) is 13.8 Å². The van der Waals surface area contributed by atoms with E-state index in [1.807, 2.05) is 0 Å². The number of hydrogen-bond donors (Lipinski definition) is 2. The lowest BCUT2D eigenvalue weighted by Gasteiger charge is -2.32. The summed E-state index contributed by atoms with van der Waals surface area (Å²) in [6, 6.07) is 0. The van der Waals surface area contributed by atoms with E-state index in [2.05, 4.69) is 0 Å². The zero-order valence-corrected chi connectivity index (χ0v) is 9.08. The first-order valence-corrected chi connectivity index (χ1v) is 5.88. The van der Waals surface area contributed by atoms with Crippen LogP contribution in [0.3, 0.4) is 0 Å². The average molecular weight is 212 g/mol. The third kappa shape index (κ3) is 3.04. The highest BCUT2D eigenvalue weighted by Crippen LogP contribution is 2.53. The van der Waals surface area contributed by atoms with Crippen molar-refractivity contribution in [1.82, 2.24) is 0 Å². The summed E-state index contributed by atoms with van der Waals surface area (Å²) in [5, 5.41) is 0. The van der Waals surface area contributed by atoms with Crippen molar-refractivity contribution >= 4 is 7.60 Å². The molecule has 0 atom stereocenters. The van der Waals surface area contributed by atoms with Gasteiger partial charge < -0.3 is 19.3 Å². The molecule has 0 aliphatic carbocycles. The van der Waals surface area contributed by atoms with Crippen LogP contribution in [0.1, 0.15) is 27.2 Å². The van der Waals surface area contributed by atoms with Crippen LogP contribution in [0.2, 0.25) is 0 Å². The standard InChI is InChI=1S/C7H17O5P/c1-4-7(11-5-2,12-6-3)13(8,9)10/h4-6H2,1-3H3,(H2,8,9,10). The van der Waals surface area contributed by atoms with E-state index in [1.165, 1.54) is 0 Å². The lowest BCUT2D eigenvalue weighted by Crippen LogP contribution is -2.35. The number of ether oxygens (including phenoxy) is 2. The van der Waals surface area contributed by atoms with Crippen LogP contribution in [-0.2, 0) is 14.0 Å². The van der Waals surface area contributed by atoms with E-state index >= 15 is 0 Å². The molecule has 80 valence electrons. The molecule has 0 heterocycles. The molecule has 2 N–H and O–H groups in total. The highest BCUT2D eigenvalue weighted by Gasteiger charge is 2.47. The highest BCUT2D eigenvalue weighted by atomic mass is 31.2. The van der Waals surface area contributed by atoms with Crippen LogP contribution in [0.15, 0.2) is 0 Å². The molecular weight excluding hydrogens is 195 g/mol. The zero-order valence-electron chi connectivity index (χ0n) is 8.19. The second-order valence-electron chi connectivity index (χ2n) is 2.48. The maximum atomic E-state index is 11.1. The van der Waals surface area contributed by atoms with Gasteiger partial charge in [-0.3, -0.25) is 4.57 Å². The Labute approximate surface area is 78.2 Å². The molecular formula is C7H17O5P. The Morgan fingerprint density at radius 3 is 1.69 bits per heavy atom. The fraction of sp³-hybridized carbons (Fsp3) is 1.00. The van der Waals surface area contributed by atoms with Gasteiger partial charge in [0.15, 0.2) is 0 Å². The van der Waals surface area contributed by atoms with Gasteiger partial charge in [0, 0.05) is 19.6 Å². The van der Waals surface area contributed by atoms with Crippen molar-refractivity contribution in [2.75, 3.05) is 13.2 Å². The number of rotatable bonds is 6. The Hall–Kier alpha value is 0.0700. The van der Waals surface area contributed by atoms with Gasteiger partial charge in [-0.25, -0.2) is 0 Å². The summed E-state index contributed by atoms with van der Waals surface area (Å²) >= 11 is 0. The van der Waals surface area contributed by atoms with Crippen molar-refractivity contribution in [3.63, 3.8) is 0 Å². The summed E-state index contributed by atoms with van der Waals surface area (Å²) in [5.74, 6) is 0. The summed E-state index contributed by atoms with van der Waals surface area (Å²) in [4.78, 5) is 18.1. The summed E-state index contributed by atoms with van der Waals surface area (Å²) in [6.45, 7) is 5.36. The predicted octanol–water partition coefficient (Wildman–Crippen LogP) is 1.30. The van der Waals surface area contributed by atoms with E-state index in [1.54, 1.807) is 20.8 Å². The molecule has 0 rings (SSSR count). The minimum atomic E-state index is -4.38. The van der Waals surface area contributed by atoms with Crippen molar-refractivity contribution in [2.24, 2.45) is 0 Å². The Morgan fingerprint density at radius 1 is 1.15 bits per heavy atom. The molecule has 0 aromatic carbocycles. The predicted molar refractivity (Wildman–Crippen MR) is 48.3 cm³/mol. The van der Waals surface area contributed by atoms with Gasteiger partial charge in [0.25, 0.3) is 5.53 Å². The molecule has 0 amide bonds. The quantitative estimate of drug-likeness (QED) is 0.512. The third-order valence-electron chi connectivity index (χ3n) is 1.63. The molecule has 0 saturated heterocycles. The van der Waals surface area contributed by atoms with Gasteiger partial charge in [0.1, 0.15) is 0 Å².